The number of hydrogen-bond acceptors (Lipinski definition) is 2. The molecule has 0 aromatic heterocycles. The molecule has 0 radical (unpaired) electrons. The molecule has 0 saturated carbocycles. The molecule has 0 saturated heterocycles. The maximum absolute atomic E-state index is 11.0. The highest BCUT2D eigenvalue weighted by Gasteiger charge is 2.02. The van der Waals surface area contributed by atoms with Crippen molar-refractivity contribution in [3.05, 3.63) is 0 Å². The smallest absolute Gasteiger partial charge is 0.220 e. The third-order valence-corrected chi connectivity index (χ3v) is 1.30. The van der Waals surface area contributed by atoms with Gasteiger partial charge in [-0.05, 0) is 18.9 Å². The van der Waals surface area contributed by atoms with Crippen LogP contribution >= 0.6 is 0 Å². The average molecular weight is 158 g/mol. The number of nitrogens with two attached hydrogens (primary N) is 1. The van der Waals surface area contributed by atoms with E-state index in [4.69, 9.17) is 5.73 Å². The minimum absolute atomic E-state index is 0.133. The molecular weight excluding hydrogens is 140 g/mol. The van der Waals surface area contributed by atoms with Crippen LogP contribution in [0.2, 0.25) is 0 Å². The van der Waals surface area contributed by atoms with Gasteiger partial charge in [-0.3, -0.25) is 4.79 Å². The fraction of sp³-hybridized carbons (Fsp3) is 0.875. The predicted molar refractivity (Wildman–Crippen MR) is 46.1 cm³/mol. The summed E-state index contributed by atoms with van der Waals surface area (Å²) in [7, 11) is 0. The van der Waals surface area contributed by atoms with Gasteiger partial charge in [0.15, 0.2) is 0 Å². The number of hydrogen-bond donors (Lipinski definition) is 2. The van der Waals surface area contributed by atoms with E-state index < -0.39 is 0 Å². The van der Waals surface area contributed by atoms with E-state index in [9.17, 15) is 4.79 Å². The first kappa shape index (κ1) is 10.4. The molecule has 0 rings (SSSR count). The van der Waals surface area contributed by atoms with Crippen LogP contribution in [0.25, 0.3) is 0 Å². The zero-order valence-corrected chi connectivity index (χ0v) is 7.39. The fourth-order valence-electron chi connectivity index (χ4n) is 0.773. The summed E-state index contributed by atoms with van der Waals surface area (Å²) in [5, 5.41) is 2.80. The summed E-state index contributed by atoms with van der Waals surface area (Å²) in [5.74, 6) is 0.571. The summed E-state index contributed by atoms with van der Waals surface area (Å²) in [6.45, 7) is 5.41. The van der Waals surface area contributed by atoms with Crippen LogP contribution in [-0.4, -0.2) is 19.0 Å². The van der Waals surface area contributed by atoms with Gasteiger partial charge in [-0.1, -0.05) is 13.8 Å². The maximum Gasteiger partial charge on any atom is 0.220 e. The van der Waals surface area contributed by atoms with Gasteiger partial charge >= 0.3 is 0 Å². The Kier molecular flexibility index (Phi) is 5.84. The van der Waals surface area contributed by atoms with Gasteiger partial charge in [0.25, 0.3) is 0 Å². The Morgan fingerprint density at radius 2 is 2.18 bits per heavy atom. The number of carbonyl (C=O) groups is 1. The molecule has 0 aliphatic rings. The van der Waals surface area contributed by atoms with E-state index in [0.717, 1.165) is 6.42 Å². The maximum atomic E-state index is 11.0. The van der Waals surface area contributed by atoms with Gasteiger partial charge in [0, 0.05) is 13.0 Å². The molecular formula is C8H18N2O. The predicted octanol–water partition coefficient (Wildman–Crippen LogP) is 0.497. The minimum atomic E-state index is 0.133. The summed E-state index contributed by atoms with van der Waals surface area (Å²) >= 11 is 0. The van der Waals surface area contributed by atoms with Crippen LogP contribution in [0.5, 0.6) is 0 Å². The van der Waals surface area contributed by atoms with Gasteiger partial charge in [-0.15, -0.1) is 0 Å². The second kappa shape index (κ2) is 6.16. The molecule has 1 amide bonds. The second-order valence-corrected chi connectivity index (χ2v) is 3.09. The Balaban J connectivity index is 3.23. The molecule has 0 spiro atoms. The SMILES string of the molecule is CC(C)CC(=O)NCCCN. The van der Waals surface area contributed by atoms with Gasteiger partial charge < -0.3 is 11.1 Å². The van der Waals surface area contributed by atoms with E-state index in [1.165, 1.54) is 0 Å². The van der Waals surface area contributed by atoms with E-state index in [1.807, 2.05) is 13.8 Å². The van der Waals surface area contributed by atoms with Crippen LogP contribution in [-0.2, 0) is 4.79 Å². The molecule has 66 valence electrons. The van der Waals surface area contributed by atoms with Crippen molar-refractivity contribution in [2.75, 3.05) is 13.1 Å². The van der Waals surface area contributed by atoms with Gasteiger partial charge in [-0.2, -0.15) is 0 Å². The quantitative estimate of drug-likeness (QED) is 0.572. The standard InChI is InChI=1S/C8H18N2O/c1-7(2)6-8(11)10-5-3-4-9/h7H,3-6,9H2,1-2H3,(H,10,11). The summed E-state index contributed by atoms with van der Waals surface area (Å²) in [4.78, 5) is 11.0. The molecule has 0 aromatic carbocycles. The van der Waals surface area contributed by atoms with Crippen molar-refractivity contribution < 1.29 is 4.79 Å². The van der Waals surface area contributed by atoms with Gasteiger partial charge in [0.2, 0.25) is 5.91 Å². The van der Waals surface area contributed by atoms with E-state index >= 15 is 0 Å². The zero-order chi connectivity index (χ0) is 8.69. The first-order valence-electron chi connectivity index (χ1n) is 4.13. The van der Waals surface area contributed by atoms with E-state index in [1.54, 1.807) is 0 Å². The summed E-state index contributed by atoms with van der Waals surface area (Å²) in [6, 6.07) is 0. The lowest BCUT2D eigenvalue weighted by Gasteiger charge is -2.05. The van der Waals surface area contributed by atoms with Gasteiger partial charge in [-0.25, -0.2) is 0 Å². The normalized spacial score (nSPS) is 10.2. The van der Waals surface area contributed by atoms with Crippen LogP contribution in [0.4, 0.5) is 0 Å². The first-order valence-corrected chi connectivity index (χ1v) is 4.13. The number of nitrogens with one attached hydrogen (secondary N) is 1. The van der Waals surface area contributed by atoms with Crippen molar-refractivity contribution in [2.24, 2.45) is 11.7 Å². The van der Waals surface area contributed by atoms with Crippen molar-refractivity contribution in [1.29, 1.82) is 0 Å². The molecule has 3 nitrogen and oxygen atoms in total. The molecule has 0 aliphatic carbocycles. The zero-order valence-electron chi connectivity index (χ0n) is 7.39. The van der Waals surface area contributed by atoms with Crippen molar-refractivity contribution in [2.45, 2.75) is 26.7 Å². The largest absolute Gasteiger partial charge is 0.356 e. The molecule has 0 bridgehead atoms. The molecule has 0 fully saturated rings. The van der Waals surface area contributed by atoms with Gasteiger partial charge in [0.1, 0.15) is 0 Å². The van der Waals surface area contributed by atoms with Crippen molar-refractivity contribution in [1.82, 2.24) is 5.32 Å². The highest BCUT2D eigenvalue weighted by Crippen LogP contribution is 1.97. The lowest BCUT2D eigenvalue weighted by Crippen LogP contribution is -2.26. The summed E-state index contributed by atoms with van der Waals surface area (Å²) < 4.78 is 0. The highest BCUT2D eigenvalue weighted by molar-refractivity contribution is 5.75. The van der Waals surface area contributed by atoms with Crippen molar-refractivity contribution in [3.63, 3.8) is 0 Å². The van der Waals surface area contributed by atoms with E-state index in [2.05, 4.69) is 5.32 Å². The molecule has 3 N–H and O–H groups in total. The topological polar surface area (TPSA) is 55.1 Å². The lowest BCUT2D eigenvalue weighted by atomic mass is 10.1. The van der Waals surface area contributed by atoms with Crippen LogP contribution in [0.1, 0.15) is 26.7 Å². The molecule has 0 unspecified atom stereocenters. The first-order chi connectivity index (χ1) is 5.16. The number of rotatable bonds is 5. The summed E-state index contributed by atoms with van der Waals surface area (Å²) in [5.41, 5.74) is 5.26. The Labute approximate surface area is 68.3 Å². The Bertz CT molecular complexity index is 113. The Morgan fingerprint density at radius 1 is 1.55 bits per heavy atom. The third-order valence-electron chi connectivity index (χ3n) is 1.30. The summed E-state index contributed by atoms with van der Waals surface area (Å²) in [6.07, 6.45) is 1.48. The van der Waals surface area contributed by atoms with E-state index in [0.29, 0.717) is 25.4 Å². The number of amides is 1. The van der Waals surface area contributed by atoms with E-state index in [-0.39, 0.29) is 5.91 Å². The highest BCUT2D eigenvalue weighted by atomic mass is 16.1. The Morgan fingerprint density at radius 3 is 2.64 bits per heavy atom. The van der Waals surface area contributed by atoms with Gasteiger partial charge in [0.05, 0.1) is 0 Å². The van der Waals surface area contributed by atoms with Crippen LogP contribution in [0, 0.1) is 5.92 Å². The molecule has 0 aromatic rings. The molecule has 3 heteroatoms. The monoisotopic (exact) mass is 158 g/mol. The third kappa shape index (κ3) is 7.33. The number of carbonyl (C=O) groups excluding carboxylic acids is 1. The molecule has 0 atom stereocenters. The second-order valence-electron chi connectivity index (χ2n) is 3.09. The Hall–Kier alpha value is -0.570. The molecule has 11 heavy (non-hydrogen) atoms. The van der Waals surface area contributed by atoms with Crippen LogP contribution in [0.15, 0.2) is 0 Å². The van der Waals surface area contributed by atoms with Crippen LogP contribution in [0.3, 0.4) is 0 Å². The average Bonchev–Trinajstić information content (AvgIpc) is 1.86. The van der Waals surface area contributed by atoms with Crippen LogP contribution < -0.4 is 11.1 Å². The molecule has 0 aliphatic heterocycles. The van der Waals surface area contributed by atoms with Crippen molar-refractivity contribution in [3.8, 4) is 0 Å². The fourth-order valence-corrected chi connectivity index (χ4v) is 0.773. The molecule has 0 heterocycles. The minimum Gasteiger partial charge on any atom is -0.356 e. The van der Waals surface area contributed by atoms with Crippen molar-refractivity contribution >= 4 is 5.91 Å². The lowest BCUT2D eigenvalue weighted by molar-refractivity contribution is -0.121.